The molecule has 5 nitrogen and oxygen atoms in total. The predicted molar refractivity (Wildman–Crippen MR) is 120 cm³/mol. The Morgan fingerprint density at radius 2 is 1.67 bits per heavy atom. The fourth-order valence-electron chi connectivity index (χ4n) is 2.95. The number of nitrogens with one attached hydrogen (secondary N) is 2. The third kappa shape index (κ3) is 5.02. The molecule has 0 spiro atoms. The van der Waals surface area contributed by atoms with Gasteiger partial charge >= 0.3 is 0 Å². The van der Waals surface area contributed by atoms with Crippen LogP contribution in [-0.4, -0.2) is 24.1 Å². The number of aryl methyl sites for hydroxylation is 1. The van der Waals surface area contributed by atoms with Crippen molar-refractivity contribution in [3.05, 3.63) is 87.1 Å². The highest BCUT2D eigenvalue weighted by molar-refractivity contribution is 7.12. The Morgan fingerprint density at radius 1 is 0.933 bits per heavy atom. The van der Waals surface area contributed by atoms with Gasteiger partial charge in [-0.3, -0.25) is 14.4 Å². The molecule has 2 amide bonds. The summed E-state index contributed by atoms with van der Waals surface area (Å²) in [6, 6.07) is 15.5. The highest BCUT2D eigenvalue weighted by atomic mass is 32.1. The minimum atomic E-state index is -0.365. The molecule has 1 aromatic heterocycles. The van der Waals surface area contributed by atoms with Crippen LogP contribution in [0, 0.1) is 12.8 Å². The lowest BCUT2D eigenvalue weighted by Crippen LogP contribution is -2.27. The topological polar surface area (TPSA) is 75.3 Å². The summed E-state index contributed by atoms with van der Waals surface area (Å²) in [4.78, 5) is 38.5. The molecule has 0 aliphatic rings. The van der Waals surface area contributed by atoms with Crippen molar-refractivity contribution < 1.29 is 14.4 Å². The second-order valence-electron chi connectivity index (χ2n) is 7.44. The van der Waals surface area contributed by atoms with E-state index in [4.69, 9.17) is 0 Å². The van der Waals surface area contributed by atoms with Crippen molar-refractivity contribution in [1.82, 2.24) is 5.32 Å². The Hall–Kier alpha value is -3.25. The second kappa shape index (κ2) is 9.50. The number of rotatable bonds is 7. The van der Waals surface area contributed by atoms with Crippen LogP contribution in [0.1, 0.15) is 55.4 Å². The molecule has 1 heterocycles. The molecular weight excluding hydrogens is 396 g/mol. The van der Waals surface area contributed by atoms with Crippen molar-refractivity contribution in [3.8, 4) is 0 Å². The SMILES string of the molecule is Cc1cc(C(=O)NCC(C)C)ccc1NC(=O)c1ccccc1C(=O)c1cccs1. The van der Waals surface area contributed by atoms with Gasteiger partial charge in [0, 0.05) is 23.4 Å². The maximum atomic E-state index is 12.9. The van der Waals surface area contributed by atoms with Gasteiger partial charge in [0.05, 0.1) is 10.4 Å². The molecule has 2 aromatic carbocycles. The number of hydrogen-bond donors (Lipinski definition) is 2. The van der Waals surface area contributed by atoms with Crippen LogP contribution in [0.2, 0.25) is 0 Å². The highest BCUT2D eigenvalue weighted by Crippen LogP contribution is 2.21. The first kappa shape index (κ1) is 21.5. The Morgan fingerprint density at radius 3 is 2.30 bits per heavy atom. The van der Waals surface area contributed by atoms with Gasteiger partial charge in [-0.2, -0.15) is 0 Å². The number of hydrogen-bond acceptors (Lipinski definition) is 4. The molecule has 3 rings (SSSR count). The number of benzene rings is 2. The molecular formula is C24H24N2O3S. The normalized spacial score (nSPS) is 10.7. The molecule has 0 bridgehead atoms. The summed E-state index contributed by atoms with van der Waals surface area (Å²) in [6.45, 7) is 6.50. The van der Waals surface area contributed by atoms with Crippen LogP contribution in [-0.2, 0) is 0 Å². The van der Waals surface area contributed by atoms with Crippen LogP contribution in [0.5, 0.6) is 0 Å². The van der Waals surface area contributed by atoms with Gasteiger partial charge < -0.3 is 10.6 Å². The molecule has 0 unspecified atom stereocenters. The third-order valence-corrected chi connectivity index (χ3v) is 5.44. The van der Waals surface area contributed by atoms with Crippen LogP contribution < -0.4 is 10.6 Å². The predicted octanol–water partition coefficient (Wildman–Crippen LogP) is 4.93. The molecule has 0 aliphatic carbocycles. The van der Waals surface area contributed by atoms with Crippen molar-refractivity contribution in [2.75, 3.05) is 11.9 Å². The molecule has 30 heavy (non-hydrogen) atoms. The van der Waals surface area contributed by atoms with Gasteiger partial charge in [0.25, 0.3) is 11.8 Å². The van der Waals surface area contributed by atoms with Crippen LogP contribution in [0.25, 0.3) is 0 Å². The van der Waals surface area contributed by atoms with Crippen molar-refractivity contribution >= 4 is 34.6 Å². The Labute approximate surface area is 180 Å². The van der Waals surface area contributed by atoms with E-state index in [1.807, 2.05) is 32.2 Å². The standard InChI is InChI=1S/C24H24N2O3S/c1-15(2)14-25-23(28)17-10-11-20(16(3)13-17)26-24(29)19-8-5-4-7-18(19)22(27)21-9-6-12-30-21/h4-13,15H,14H2,1-3H3,(H,25,28)(H,26,29). The van der Waals surface area contributed by atoms with Crippen LogP contribution in [0.3, 0.4) is 0 Å². The molecule has 2 N–H and O–H groups in total. The van der Waals surface area contributed by atoms with E-state index in [1.54, 1.807) is 48.5 Å². The summed E-state index contributed by atoms with van der Waals surface area (Å²) in [5.74, 6) is -0.317. The molecule has 6 heteroatoms. The number of carbonyl (C=O) groups is 3. The monoisotopic (exact) mass is 420 g/mol. The molecule has 0 aliphatic heterocycles. The number of thiophene rings is 1. The highest BCUT2D eigenvalue weighted by Gasteiger charge is 2.19. The zero-order valence-corrected chi connectivity index (χ0v) is 18.0. The van der Waals surface area contributed by atoms with Gasteiger partial charge in [0.1, 0.15) is 0 Å². The van der Waals surface area contributed by atoms with E-state index in [1.165, 1.54) is 11.3 Å². The summed E-state index contributed by atoms with van der Waals surface area (Å²) in [6.07, 6.45) is 0. The average molecular weight is 421 g/mol. The van der Waals surface area contributed by atoms with Crippen molar-refractivity contribution in [2.45, 2.75) is 20.8 Å². The smallest absolute Gasteiger partial charge is 0.256 e. The summed E-state index contributed by atoms with van der Waals surface area (Å²) in [5, 5.41) is 7.58. The van der Waals surface area contributed by atoms with Crippen molar-refractivity contribution in [3.63, 3.8) is 0 Å². The van der Waals surface area contributed by atoms with E-state index in [-0.39, 0.29) is 17.6 Å². The van der Waals surface area contributed by atoms with E-state index >= 15 is 0 Å². The number of amides is 2. The molecule has 154 valence electrons. The van der Waals surface area contributed by atoms with E-state index in [9.17, 15) is 14.4 Å². The fourth-order valence-corrected chi connectivity index (χ4v) is 3.63. The summed E-state index contributed by atoms with van der Waals surface area (Å²) in [7, 11) is 0. The lowest BCUT2D eigenvalue weighted by atomic mass is 10.0. The maximum Gasteiger partial charge on any atom is 0.256 e. The fraction of sp³-hybridized carbons (Fsp3) is 0.208. The minimum Gasteiger partial charge on any atom is -0.352 e. The van der Waals surface area contributed by atoms with E-state index in [0.717, 1.165) is 5.56 Å². The minimum absolute atomic E-state index is 0.142. The van der Waals surface area contributed by atoms with Crippen LogP contribution in [0.4, 0.5) is 5.69 Å². The van der Waals surface area contributed by atoms with E-state index in [2.05, 4.69) is 10.6 Å². The first-order chi connectivity index (χ1) is 14.4. The van der Waals surface area contributed by atoms with Crippen molar-refractivity contribution in [2.24, 2.45) is 5.92 Å². The maximum absolute atomic E-state index is 12.9. The summed E-state index contributed by atoms with van der Waals surface area (Å²) >= 11 is 1.34. The van der Waals surface area contributed by atoms with E-state index < -0.39 is 0 Å². The largest absolute Gasteiger partial charge is 0.352 e. The lowest BCUT2D eigenvalue weighted by molar-refractivity contribution is 0.0948. The Bertz CT molecular complexity index is 1070. The zero-order valence-electron chi connectivity index (χ0n) is 17.2. The van der Waals surface area contributed by atoms with Gasteiger partial charge in [-0.15, -0.1) is 11.3 Å². The van der Waals surface area contributed by atoms with Crippen LogP contribution in [0.15, 0.2) is 60.0 Å². The van der Waals surface area contributed by atoms with Gasteiger partial charge in [-0.1, -0.05) is 38.1 Å². The molecule has 0 saturated carbocycles. The Kier molecular flexibility index (Phi) is 6.79. The van der Waals surface area contributed by atoms with Crippen molar-refractivity contribution in [1.29, 1.82) is 0 Å². The van der Waals surface area contributed by atoms with Gasteiger partial charge in [-0.25, -0.2) is 0 Å². The van der Waals surface area contributed by atoms with Gasteiger partial charge in [0.2, 0.25) is 5.78 Å². The molecule has 0 fully saturated rings. The van der Waals surface area contributed by atoms with Crippen LogP contribution >= 0.6 is 11.3 Å². The average Bonchev–Trinajstić information content (AvgIpc) is 3.27. The second-order valence-corrected chi connectivity index (χ2v) is 8.39. The summed E-state index contributed by atoms with van der Waals surface area (Å²) < 4.78 is 0. The molecule has 0 saturated heterocycles. The molecule has 3 aromatic rings. The third-order valence-electron chi connectivity index (χ3n) is 4.57. The first-order valence-corrected chi connectivity index (χ1v) is 10.6. The van der Waals surface area contributed by atoms with E-state index in [0.29, 0.717) is 39.7 Å². The molecule has 0 radical (unpaired) electrons. The van der Waals surface area contributed by atoms with Gasteiger partial charge in [-0.05, 0) is 54.1 Å². The first-order valence-electron chi connectivity index (χ1n) is 9.74. The quantitative estimate of drug-likeness (QED) is 0.533. The number of carbonyl (C=O) groups excluding carboxylic acids is 3. The lowest BCUT2D eigenvalue weighted by Gasteiger charge is -2.13. The van der Waals surface area contributed by atoms with Gasteiger partial charge in [0.15, 0.2) is 0 Å². The number of ketones is 1. The molecule has 0 atom stereocenters. The number of anilines is 1. The Balaban J connectivity index is 1.79. The zero-order chi connectivity index (χ0) is 21.7. The summed E-state index contributed by atoms with van der Waals surface area (Å²) in [5.41, 5.74) is 2.58.